The van der Waals surface area contributed by atoms with Crippen molar-refractivity contribution in [1.29, 1.82) is 0 Å². The summed E-state index contributed by atoms with van der Waals surface area (Å²) in [6, 6.07) is 0.764. The SMILES string of the molecule is COc1cc(CC(=O)O)c([N+](=O)[O-])nc1OC(F)(F)F. The number of hydrogen-bond acceptors (Lipinski definition) is 6. The molecular formula is C9H7F3N2O6. The number of carboxylic acid groups (broad SMARTS) is 1. The largest absolute Gasteiger partial charge is 0.575 e. The fourth-order valence-electron chi connectivity index (χ4n) is 1.29. The molecule has 0 saturated heterocycles. The van der Waals surface area contributed by atoms with Crippen LogP contribution in [0.4, 0.5) is 19.0 Å². The molecule has 11 heteroatoms. The van der Waals surface area contributed by atoms with Crippen LogP contribution in [0.3, 0.4) is 0 Å². The molecular weight excluding hydrogens is 289 g/mol. The van der Waals surface area contributed by atoms with Crippen LogP contribution in [0.15, 0.2) is 6.07 Å². The van der Waals surface area contributed by atoms with Crippen LogP contribution in [0.5, 0.6) is 11.6 Å². The number of ether oxygens (including phenoxy) is 2. The predicted molar refractivity (Wildman–Crippen MR) is 55.5 cm³/mol. The van der Waals surface area contributed by atoms with E-state index in [9.17, 15) is 28.1 Å². The molecule has 0 aliphatic carbocycles. The number of halogens is 3. The van der Waals surface area contributed by atoms with E-state index in [1.54, 1.807) is 0 Å². The Morgan fingerprint density at radius 1 is 1.55 bits per heavy atom. The van der Waals surface area contributed by atoms with Crippen LogP contribution >= 0.6 is 0 Å². The van der Waals surface area contributed by atoms with E-state index in [2.05, 4.69) is 14.5 Å². The van der Waals surface area contributed by atoms with E-state index in [1.807, 2.05) is 0 Å². The van der Waals surface area contributed by atoms with Gasteiger partial charge in [0.05, 0.1) is 19.1 Å². The minimum absolute atomic E-state index is 0.408. The van der Waals surface area contributed by atoms with Gasteiger partial charge in [-0.15, -0.1) is 13.2 Å². The molecule has 0 fully saturated rings. The number of carbonyl (C=O) groups is 1. The highest BCUT2D eigenvalue weighted by molar-refractivity contribution is 5.72. The van der Waals surface area contributed by atoms with Crippen molar-refractivity contribution in [3.05, 3.63) is 21.7 Å². The second-order valence-corrected chi connectivity index (χ2v) is 3.35. The van der Waals surface area contributed by atoms with Crippen molar-refractivity contribution in [2.45, 2.75) is 12.8 Å². The Bertz CT molecular complexity index is 545. The topological polar surface area (TPSA) is 112 Å². The van der Waals surface area contributed by atoms with Gasteiger partial charge in [0.25, 0.3) is 0 Å². The molecule has 0 radical (unpaired) electrons. The van der Waals surface area contributed by atoms with Crippen LogP contribution in [0, 0.1) is 10.1 Å². The Hall–Kier alpha value is -2.59. The van der Waals surface area contributed by atoms with Gasteiger partial charge in [0, 0.05) is 11.1 Å². The van der Waals surface area contributed by atoms with Gasteiger partial charge in [-0.2, -0.15) is 0 Å². The third-order valence-corrected chi connectivity index (χ3v) is 1.96. The molecule has 110 valence electrons. The van der Waals surface area contributed by atoms with E-state index in [1.165, 1.54) is 0 Å². The highest BCUT2D eigenvalue weighted by Gasteiger charge is 2.37. The summed E-state index contributed by atoms with van der Waals surface area (Å²) in [4.78, 5) is 23.2. The summed E-state index contributed by atoms with van der Waals surface area (Å²) < 4.78 is 44.4. The van der Waals surface area contributed by atoms with Gasteiger partial charge in [-0.1, -0.05) is 0 Å². The van der Waals surface area contributed by atoms with Crippen LogP contribution in [0.2, 0.25) is 0 Å². The quantitative estimate of drug-likeness (QED) is 0.647. The van der Waals surface area contributed by atoms with Crippen molar-refractivity contribution < 1.29 is 37.5 Å². The highest BCUT2D eigenvalue weighted by Crippen LogP contribution is 2.34. The third kappa shape index (κ3) is 3.96. The zero-order valence-electron chi connectivity index (χ0n) is 9.80. The summed E-state index contributed by atoms with van der Waals surface area (Å²) >= 11 is 0. The van der Waals surface area contributed by atoms with Crippen LogP contribution < -0.4 is 9.47 Å². The summed E-state index contributed by atoms with van der Waals surface area (Å²) in [6.45, 7) is 0. The van der Waals surface area contributed by atoms with E-state index in [4.69, 9.17) is 5.11 Å². The Kier molecular flexibility index (Phi) is 4.32. The first-order valence-corrected chi connectivity index (χ1v) is 4.84. The third-order valence-electron chi connectivity index (χ3n) is 1.96. The van der Waals surface area contributed by atoms with Crippen LogP contribution in [0.1, 0.15) is 5.56 Å². The van der Waals surface area contributed by atoms with Crippen LogP contribution in [-0.2, 0) is 11.2 Å². The number of methoxy groups -OCH3 is 1. The van der Waals surface area contributed by atoms with Crippen molar-refractivity contribution in [3.63, 3.8) is 0 Å². The second kappa shape index (κ2) is 5.59. The fourth-order valence-corrected chi connectivity index (χ4v) is 1.29. The molecule has 0 bridgehead atoms. The molecule has 1 N–H and O–H groups in total. The molecule has 20 heavy (non-hydrogen) atoms. The Morgan fingerprint density at radius 2 is 2.15 bits per heavy atom. The predicted octanol–water partition coefficient (Wildman–Crippen LogP) is 1.52. The first kappa shape index (κ1) is 15.5. The van der Waals surface area contributed by atoms with Crippen molar-refractivity contribution in [1.82, 2.24) is 4.98 Å². The Morgan fingerprint density at radius 3 is 2.55 bits per heavy atom. The maximum atomic E-state index is 12.1. The molecule has 0 aliphatic rings. The molecule has 0 saturated carbocycles. The molecule has 1 rings (SSSR count). The minimum Gasteiger partial charge on any atom is -0.489 e. The molecule has 0 spiro atoms. The molecule has 1 aromatic heterocycles. The van der Waals surface area contributed by atoms with Gasteiger partial charge in [0.2, 0.25) is 5.75 Å². The number of pyridine rings is 1. The number of nitro groups is 1. The summed E-state index contributed by atoms with van der Waals surface area (Å²) in [5.41, 5.74) is -0.408. The van der Waals surface area contributed by atoms with Crippen molar-refractivity contribution in [3.8, 4) is 11.6 Å². The first-order chi connectivity index (χ1) is 9.14. The average Bonchev–Trinajstić information content (AvgIpc) is 2.27. The molecule has 1 heterocycles. The maximum Gasteiger partial charge on any atom is 0.575 e. The maximum absolute atomic E-state index is 12.1. The van der Waals surface area contributed by atoms with E-state index in [0.29, 0.717) is 0 Å². The normalized spacial score (nSPS) is 11.0. The lowest BCUT2D eigenvalue weighted by Gasteiger charge is -2.09. The minimum atomic E-state index is -5.12. The number of rotatable bonds is 5. The Labute approximate surface area is 108 Å². The van der Waals surface area contributed by atoms with Gasteiger partial charge < -0.3 is 24.7 Å². The lowest BCUT2D eigenvalue weighted by molar-refractivity contribution is -0.390. The van der Waals surface area contributed by atoms with Gasteiger partial charge >= 0.3 is 24.0 Å². The van der Waals surface area contributed by atoms with Crippen molar-refractivity contribution in [2.24, 2.45) is 0 Å². The number of aromatic nitrogens is 1. The van der Waals surface area contributed by atoms with Crippen LogP contribution in [-0.4, -0.2) is 34.5 Å². The molecule has 0 atom stereocenters. The molecule has 8 nitrogen and oxygen atoms in total. The van der Waals surface area contributed by atoms with Crippen LogP contribution in [0.25, 0.3) is 0 Å². The Balaban J connectivity index is 3.36. The lowest BCUT2D eigenvalue weighted by Crippen LogP contribution is -2.19. The molecule has 0 amide bonds. The van der Waals surface area contributed by atoms with E-state index >= 15 is 0 Å². The lowest BCUT2D eigenvalue weighted by atomic mass is 10.2. The zero-order valence-corrected chi connectivity index (χ0v) is 9.80. The molecule has 0 unspecified atom stereocenters. The van der Waals surface area contributed by atoms with Crippen molar-refractivity contribution in [2.75, 3.05) is 7.11 Å². The molecule has 0 aliphatic heterocycles. The van der Waals surface area contributed by atoms with Crippen molar-refractivity contribution >= 4 is 11.8 Å². The standard InChI is InChI=1S/C9H7F3N2O6/c1-19-5-2-4(3-6(15)16)7(14(17)18)13-8(5)20-9(10,11)12/h2H,3H2,1H3,(H,15,16). The summed E-state index contributed by atoms with van der Waals surface area (Å²) in [7, 11) is 0.983. The van der Waals surface area contributed by atoms with Gasteiger partial charge in [0.15, 0.2) is 0 Å². The van der Waals surface area contributed by atoms with Gasteiger partial charge in [0.1, 0.15) is 0 Å². The smallest absolute Gasteiger partial charge is 0.489 e. The van der Waals surface area contributed by atoms with E-state index in [0.717, 1.165) is 13.2 Å². The number of alkyl halides is 3. The van der Waals surface area contributed by atoms with Gasteiger partial charge in [-0.05, 0) is 4.92 Å². The van der Waals surface area contributed by atoms with Gasteiger partial charge in [-0.3, -0.25) is 4.79 Å². The average molecular weight is 296 g/mol. The van der Waals surface area contributed by atoms with Gasteiger partial charge in [-0.25, -0.2) is 0 Å². The zero-order chi connectivity index (χ0) is 15.5. The first-order valence-electron chi connectivity index (χ1n) is 4.84. The molecule has 0 aromatic carbocycles. The number of nitrogens with zero attached hydrogens (tertiary/aromatic N) is 2. The molecule has 1 aromatic rings. The fraction of sp³-hybridized carbons (Fsp3) is 0.333. The summed E-state index contributed by atoms with van der Waals surface area (Å²) in [5.74, 6) is -4.20. The summed E-state index contributed by atoms with van der Waals surface area (Å²) in [6.07, 6.45) is -5.92. The van der Waals surface area contributed by atoms with E-state index in [-0.39, 0.29) is 0 Å². The summed E-state index contributed by atoms with van der Waals surface area (Å²) in [5, 5.41) is 19.3. The monoisotopic (exact) mass is 296 g/mol. The number of aliphatic carboxylic acids is 1. The number of hydrogen-bond donors (Lipinski definition) is 1. The second-order valence-electron chi connectivity index (χ2n) is 3.35. The number of carboxylic acids is 1. The van der Waals surface area contributed by atoms with E-state index < -0.39 is 46.7 Å². The highest BCUT2D eigenvalue weighted by atomic mass is 19.4.